The van der Waals surface area contributed by atoms with Gasteiger partial charge in [0, 0.05) is 13.1 Å². The first-order valence-electron chi connectivity index (χ1n) is 14.6. The molecule has 0 aromatic heterocycles. The third kappa shape index (κ3) is 38.4. The number of likely N-dealkylation sites (N-methyl/N-ethyl adjacent to an activating group) is 1. The monoisotopic (exact) mass is 630 g/mol. The Morgan fingerprint density at radius 3 is 0.977 bits per heavy atom. The van der Waals surface area contributed by atoms with E-state index in [0.29, 0.717) is 139 Å². The number of aliphatic carboxylic acids is 1. The highest BCUT2D eigenvalue weighted by Crippen LogP contribution is 1.87. The van der Waals surface area contributed by atoms with Crippen molar-refractivity contribution in [2.24, 2.45) is 0 Å². The highest BCUT2D eigenvalue weighted by Gasteiger charge is 2.03. The molecule has 0 saturated heterocycles. The van der Waals surface area contributed by atoms with E-state index in [-0.39, 0.29) is 6.61 Å². The molecule has 0 atom stereocenters. The lowest BCUT2D eigenvalue weighted by Crippen LogP contribution is -2.31. The third-order valence-electron chi connectivity index (χ3n) is 4.87. The van der Waals surface area contributed by atoms with Crippen molar-refractivity contribution in [3.8, 4) is 0 Å². The number of carbonyl (C=O) groups is 2. The van der Waals surface area contributed by atoms with Crippen molar-refractivity contribution in [3.05, 3.63) is 0 Å². The fourth-order valence-corrected chi connectivity index (χ4v) is 2.80. The molecule has 16 nitrogen and oxygen atoms in total. The molecule has 0 aliphatic heterocycles. The van der Waals surface area contributed by atoms with Crippen LogP contribution in [0.2, 0.25) is 0 Å². The molecule has 0 bridgehead atoms. The largest absolute Gasteiger partial charge is 0.480 e. The Labute approximate surface area is 255 Å². The molecule has 0 aromatic rings. The van der Waals surface area contributed by atoms with Crippen LogP contribution < -0.4 is 10.6 Å². The maximum Gasteiger partial charge on any atom is 0.329 e. The van der Waals surface area contributed by atoms with Crippen molar-refractivity contribution >= 4 is 11.9 Å². The second-order valence-corrected chi connectivity index (χ2v) is 8.46. The summed E-state index contributed by atoms with van der Waals surface area (Å²) < 4.78 is 58.7. The number of hydrogen-bond donors (Lipinski definition) is 3. The number of carboxylic acids is 1. The number of ether oxygens (including phenoxy) is 11. The topological polar surface area (TPSA) is 180 Å². The van der Waals surface area contributed by atoms with Crippen LogP contribution in [-0.2, 0) is 61.7 Å². The molecule has 0 unspecified atom stereocenters. The Kier molecular flexibility index (Phi) is 35.3. The Hall–Kier alpha value is -1.54. The van der Waals surface area contributed by atoms with Gasteiger partial charge in [0.25, 0.3) is 0 Å². The van der Waals surface area contributed by atoms with Crippen LogP contribution in [0.5, 0.6) is 0 Å². The van der Waals surface area contributed by atoms with Gasteiger partial charge < -0.3 is 67.8 Å². The average Bonchev–Trinajstić information content (AvgIpc) is 2.99. The lowest BCUT2D eigenvalue weighted by molar-refractivity contribution is -0.143. The quantitative estimate of drug-likeness (QED) is 0.0681. The molecule has 43 heavy (non-hydrogen) atoms. The number of carbonyl (C=O) groups excluding carboxylic acids is 1. The number of hydrogen-bond acceptors (Lipinski definition) is 14. The molecule has 0 aromatic carbocycles. The fraction of sp³-hybridized carbons (Fsp3) is 0.926. The summed E-state index contributed by atoms with van der Waals surface area (Å²) in [6.45, 7) is 10.1. The number of amides is 1. The van der Waals surface area contributed by atoms with Crippen molar-refractivity contribution in [2.75, 3.05) is 165 Å². The summed E-state index contributed by atoms with van der Waals surface area (Å²) in [7, 11) is 1.89. The molecule has 0 rings (SSSR count). The van der Waals surface area contributed by atoms with Gasteiger partial charge in [0.2, 0.25) is 5.91 Å². The van der Waals surface area contributed by atoms with E-state index < -0.39 is 18.5 Å². The van der Waals surface area contributed by atoms with Gasteiger partial charge in [-0.25, -0.2) is 4.79 Å². The van der Waals surface area contributed by atoms with E-state index >= 15 is 0 Å². The van der Waals surface area contributed by atoms with Crippen molar-refractivity contribution in [1.29, 1.82) is 0 Å². The molecular formula is C27H54N2O14. The highest BCUT2D eigenvalue weighted by molar-refractivity contribution is 5.77. The summed E-state index contributed by atoms with van der Waals surface area (Å²) >= 11 is 0. The number of rotatable bonds is 37. The molecule has 0 fully saturated rings. The minimum absolute atomic E-state index is 0.299. The van der Waals surface area contributed by atoms with Crippen LogP contribution in [0.25, 0.3) is 0 Å². The van der Waals surface area contributed by atoms with Gasteiger partial charge >= 0.3 is 5.97 Å². The maximum atomic E-state index is 11.3. The molecular weight excluding hydrogens is 576 g/mol. The van der Waals surface area contributed by atoms with E-state index in [2.05, 4.69) is 15.4 Å². The van der Waals surface area contributed by atoms with Gasteiger partial charge in [-0.2, -0.15) is 0 Å². The van der Waals surface area contributed by atoms with Crippen LogP contribution in [0.15, 0.2) is 0 Å². The van der Waals surface area contributed by atoms with Crippen LogP contribution in [0, 0.1) is 0 Å². The summed E-state index contributed by atoms with van der Waals surface area (Å²) in [4.78, 5) is 21.6. The van der Waals surface area contributed by atoms with Gasteiger partial charge in [-0.3, -0.25) is 4.79 Å². The molecule has 1 amide bonds. The third-order valence-corrected chi connectivity index (χ3v) is 4.87. The van der Waals surface area contributed by atoms with Crippen LogP contribution in [-0.4, -0.2) is 182 Å². The predicted molar refractivity (Wildman–Crippen MR) is 154 cm³/mol. The fourth-order valence-electron chi connectivity index (χ4n) is 2.80. The minimum atomic E-state index is -1.12. The Morgan fingerprint density at radius 2 is 0.698 bits per heavy atom. The van der Waals surface area contributed by atoms with E-state index in [1.807, 2.05) is 7.05 Å². The molecule has 0 heterocycles. The molecule has 3 N–H and O–H groups in total. The SMILES string of the molecule is CNCCOCCOCCOCCOCCOCCOCCOCCOCCOCCOCCNC(=O)COCC(=O)O. The molecule has 0 radical (unpaired) electrons. The first-order valence-corrected chi connectivity index (χ1v) is 14.6. The Bertz CT molecular complexity index is 592. The zero-order valence-corrected chi connectivity index (χ0v) is 25.7. The zero-order chi connectivity index (χ0) is 31.3. The van der Waals surface area contributed by atoms with Gasteiger partial charge in [-0.05, 0) is 7.05 Å². The standard InChI is InChI=1S/C27H54N2O14/c1-28-2-4-33-6-8-35-10-12-37-14-16-39-18-20-41-22-23-42-21-19-40-17-15-38-13-11-36-9-7-34-5-3-29-26(30)24-43-25-27(31)32/h28H,2-25H2,1H3,(H,29,30)(H,31,32). The molecule has 0 aliphatic carbocycles. The van der Waals surface area contributed by atoms with Gasteiger partial charge in [0.1, 0.15) is 13.2 Å². The first-order chi connectivity index (χ1) is 21.2. The summed E-state index contributed by atoms with van der Waals surface area (Å²) in [6.07, 6.45) is 0. The lowest BCUT2D eigenvalue weighted by atomic mass is 10.6. The van der Waals surface area contributed by atoms with E-state index in [4.69, 9.17) is 52.5 Å². The van der Waals surface area contributed by atoms with Gasteiger partial charge in [0.05, 0.1) is 132 Å². The summed E-state index contributed by atoms with van der Waals surface area (Å²) in [5, 5.41) is 14.0. The van der Waals surface area contributed by atoms with Crippen molar-refractivity contribution < 1.29 is 66.8 Å². The molecule has 0 spiro atoms. The zero-order valence-electron chi connectivity index (χ0n) is 25.7. The maximum absolute atomic E-state index is 11.3. The van der Waals surface area contributed by atoms with Gasteiger partial charge in [-0.15, -0.1) is 0 Å². The predicted octanol–water partition coefficient (Wildman–Crippen LogP) is -1.41. The van der Waals surface area contributed by atoms with Crippen LogP contribution >= 0.6 is 0 Å². The second kappa shape index (κ2) is 36.7. The van der Waals surface area contributed by atoms with E-state index in [1.165, 1.54) is 0 Å². The molecule has 0 saturated carbocycles. The van der Waals surface area contributed by atoms with E-state index in [9.17, 15) is 9.59 Å². The summed E-state index contributed by atoms with van der Waals surface area (Å²) in [6, 6.07) is 0. The summed E-state index contributed by atoms with van der Waals surface area (Å²) in [5.41, 5.74) is 0. The van der Waals surface area contributed by atoms with Gasteiger partial charge in [-0.1, -0.05) is 0 Å². The molecule has 16 heteroatoms. The smallest absolute Gasteiger partial charge is 0.329 e. The summed E-state index contributed by atoms with van der Waals surface area (Å²) in [5.74, 6) is -1.52. The van der Waals surface area contributed by atoms with Crippen molar-refractivity contribution in [2.45, 2.75) is 0 Å². The lowest BCUT2D eigenvalue weighted by Gasteiger charge is -2.09. The van der Waals surface area contributed by atoms with E-state index in [0.717, 1.165) is 6.54 Å². The van der Waals surface area contributed by atoms with E-state index in [1.54, 1.807) is 0 Å². The van der Waals surface area contributed by atoms with Crippen LogP contribution in [0.3, 0.4) is 0 Å². The molecule has 0 aliphatic rings. The normalized spacial score (nSPS) is 11.3. The van der Waals surface area contributed by atoms with Crippen molar-refractivity contribution in [1.82, 2.24) is 10.6 Å². The second-order valence-electron chi connectivity index (χ2n) is 8.46. The van der Waals surface area contributed by atoms with Crippen molar-refractivity contribution in [3.63, 3.8) is 0 Å². The minimum Gasteiger partial charge on any atom is -0.480 e. The number of nitrogens with one attached hydrogen (secondary N) is 2. The Morgan fingerprint density at radius 1 is 0.419 bits per heavy atom. The number of carboxylic acid groups (broad SMARTS) is 1. The van der Waals surface area contributed by atoms with Gasteiger partial charge in [0.15, 0.2) is 0 Å². The first kappa shape index (κ1) is 41.5. The van der Waals surface area contributed by atoms with Crippen LogP contribution in [0.4, 0.5) is 0 Å². The molecule has 256 valence electrons. The Balaban J connectivity index is 3.08. The average molecular weight is 631 g/mol. The highest BCUT2D eigenvalue weighted by atomic mass is 16.6. The van der Waals surface area contributed by atoms with Crippen LogP contribution in [0.1, 0.15) is 0 Å².